The molecular formula is C15H19FN4S. The van der Waals surface area contributed by atoms with Gasteiger partial charge in [-0.15, -0.1) is 11.3 Å². The molecule has 0 N–H and O–H groups in total. The second-order valence-electron chi connectivity index (χ2n) is 5.17. The third kappa shape index (κ3) is 3.57. The highest BCUT2D eigenvalue weighted by Crippen LogP contribution is 2.16. The van der Waals surface area contributed by atoms with E-state index in [-0.39, 0.29) is 0 Å². The third-order valence-corrected chi connectivity index (χ3v) is 4.73. The highest BCUT2D eigenvalue weighted by atomic mass is 32.1. The molecule has 1 saturated heterocycles. The zero-order chi connectivity index (χ0) is 14.7. The van der Waals surface area contributed by atoms with Gasteiger partial charge in [-0.3, -0.25) is 4.90 Å². The van der Waals surface area contributed by atoms with Crippen LogP contribution in [0.25, 0.3) is 0 Å². The summed E-state index contributed by atoms with van der Waals surface area (Å²) in [6, 6.07) is 4.96. The summed E-state index contributed by atoms with van der Waals surface area (Å²) in [5, 5.41) is 3.35. The smallest absolute Gasteiger partial charge is 0.214 e. The summed E-state index contributed by atoms with van der Waals surface area (Å²) in [7, 11) is 0. The Labute approximate surface area is 128 Å². The summed E-state index contributed by atoms with van der Waals surface area (Å²) in [6.07, 6.45) is 1.00. The number of pyridine rings is 1. The van der Waals surface area contributed by atoms with Gasteiger partial charge in [-0.2, -0.15) is 4.39 Å². The number of anilines is 1. The van der Waals surface area contributed by atoms with Crippen molar-refractivity contribution in [2.75, 3.05) is 31.1 Å². The highest BCUT2D eigenvalue weighted by molar-refractivity contribution is 7.09. The Bertz CT molecular complexity index is 593. The van der Waals surface area contributed by atoms with E-state index in [1.54, 1.807) is 17.4 Å². The average Bonchev–Trinajstić information content (AvgIpc) is 2.96. The van der Waals surface area contributed by atoms with Crippen LogP contribution in [0.15, 0.2) is 23.6 Å². The summed E-state index contributed by atoms with van der Waals surface area (Å²) >= 11 is 1.74. The minimum Gasteiger partial charge on any atom is -0.354 e. The van der Waals surface area contributed by atoms with Crippen molar-refractivity contribution in [3.63, 3.8) is 0 Å². The molecule has 2 aromatic heterocycles. The fraction of sp³-hybridized carbons (Fsp3) is 0.467. The lowest BCUT2D eigenvalue weighted by molar-refractivity contribution is 0.246. The van der Waals surface area contributed by atoms with Gasteiger partial charge < -0.3 is 4.90 Å². The predicted octanol–water partition coefficient (Wildman–Crippen LogP) is 2.56. The van der Waals surface area contributed by atoms with Crippen LogP contribution in [-0.2, 0) is 13.0 Å². The molecule has 6 heteroatoms. The lowest BCUT2D eigenvalue weighted by Crippen LogP contribution is -2.46. The van der Waals surface area contributed by atoms with Crippen molar-refractivity contribution < 1.29 is 4.39 Å². The van der Waals surface area contributed by atoms with E-state index in [0.717, 1.165) is 50.7 Å². The molecule has 3 heterocycles. The number of hydrogen-bond acceptors (Lipinski definition) is 5. The Morgan fingerprint density at radius 3 is 2.67 bits per heavy atom. The number of aryl methyl sites for hydroxylation is 1. The van der Waals surface area contributed by atoms with E-state index in [4.69, 9.17) is 0 Å². The van der Waals surface area contributed by atoms with Crippen molar-refractivity contribution >= 4 is 17.2 Å². The molecule has 0 aromatic carbocycles. The van der Waals surface area contributed by atoms with Crippen LogP contribution in [0.2, 0.25) is 0 Å². The molecule has 4 nitrogen and oxygen atoms in total. The van der Waals surface area contributed by atoms with Crippen molar-refractivity contribution in [3.05, 3.63) is 40.2 Å². The summed E-state index contributed by atoms with van der Waals surface area (Å²) in [4.78, 5) is 13.1. The molecule has 21 heavy (non-hydrogen) atoms. The second kappa shape index (κ2) is 6.49. The van der Waals surface area contributed by atoms with Gasteiger partial charge in [0.2, 0.25) is 5.95 Å². The van der Waals surface area contributed by atoms with Crippen molar-refractivity contribution in [1.82, 2.24) is 14.9 Å². The first-order valence-corrected chi connectivity index (χ1v) is 8.15. The Balaban J connectivity index is 1.55. The van der Waals surface area contributed by atoms with Gasteiger partial charge in [0.1, 0.15) is 5.82 Å². The molecule has 1 aliphatic rings. The maximum absolute atomic E-state index is 13.2. The molecule has 0 amide bonds. The Morgan fingerprint density at radius 1 is 1.19 bits per heavy atom. The first kappa shape index (κ1) is 14.4. The maximum Gasteiger partial charge on any atom is 0.214 e. The SMILES string of the molecule is CCc1nc(CN2CCN(c3cccc(F)n3)CC2)cs1. The van der Waals surface area contributed by atoms with Crippen molar-refractivity contribution in [1.29, 1.82) is 0 Å². The summed E-state index contributed by atoms with van der Waals surface area (Å²) < 4.78 is 13.2. The van der Waals surface area contributed by atoms with Crippen molar-refractivity contribution in [2.24, 2.45) is 0 Å². The molecule has 2 aromatic rings. The van der Waals surface area contributed by atoms with Crippen LogP contribution in [0, 0.1) is 5.95 Å². The molecule has 0 unspecified atom stereocenters. The normalized spacial score (nSPS) is 16.4. The van der Waals surface area contributed by atoms with Crippen LogP contribution in [0.1, 0.15) is 17.6 Å². The number of piperazine rings is 1. The molecule has 112 valence electrons. The molecule has 0 atom stereocenters. The molecule has 0 spiro atoms. The number of rotatable bonds is 4. The number of hydrogen-bond donors (Lipinski definition) is 0. The first-order valence-electron chi connectivity index (χ1n) is 7.27. The second-order valence-corrected chi connectivity index (χ2v) is 6.11. The van der Waals surface area contributed by atoms with Crippen LogP contribution in [-0.4, -0.2) is 41.0 Å². The highest BCUT2D eigenvalue weighted by Gasteiger charge is 2.19. The lowest BCUT2D eigenvalue weighted by Gasteiger charge is -2.35. The van der Waals surface area contributed by atoms with Gasteiger partial charge in [0.25, 0.3) is 0 Å². The molecule has 0 bridgehead atoms. The lowest BCUT2D eigenvalue weighted by atomic mass is 10.3. The van der Waals surface area contributed by atoms with Gasteiger partial charge in [-0.1, -0.05) is 13.0 Å². The molecule has 0 radical (unpaired) electrons. The van der Waals surface area contributed by atoms with E-state index in [1.807, 2.05) is 6.07 Å². The fourth-order valence-electron chi connectivity index (χ4n) is 2.52. The molecule has 1 aliphatic heterocycles. The molecule has 1 fully saturated rings. The monoisotopic (exact) mass is 306 g/mol. The van der Waals surface area contributed by atoms with Crippen LogP contribution < -0.4 is 4.90 Å². The van der Waals surface area contributed by atoms with E-state index in [9.17, 15) is 4.39 Å². The van der Waals surface area contributed by atoms with E-state index in [0.29, 0.717) is 0 Å². The van der Waals surface area contributed by atoms with Crippen LogP contribution in [0.5, 0.6) is 0 Å². The topological polar surface area (TPSA) is 32.3 Å². The fourth-order valence-corrected chi connectivity index (χ4v) is 3.26. The Kier molecular flexibility index (Phi) is 4.45. The van der Waals surface area contributed by atoms with E-state index in [1.165, 1.54) is 11.1 Å². The largest absolute Gasteiger partial charge is 0.354 e. The molecule has 3 rings (SSSR count). The zero-order valence-corrected chi connectivity index (χ0v) is 12.9. The first-order chi connectivity index (χ1) is 10.2. The number of thiazole rings is 1. The van der Waals surface area contributed by atoms with E-state index in [2.05, 4.69) is 32.1 Å². The minimum atomic E-state index is -0.413. The molecule has 0 aliphatic carbocycles. The standard InChI is InChI=1S/C15H19FN4S/c1-2-15-17-12(11-21-15)10-19-6-8-20(9-7-19)14-5-3-4-13(16)18-14/h3-5,11H,2,6-10H2,1H3. The minimum absolute atomic E-state index is 0.413. The van der Waals surface area contributed by atoms with Gasteiger partial charge in [-0.05, 0) is 18.6 Å². The van der Waals surface area contributed by atoms with E-state index < -0.39 is 5.95 Å². The Morgan fingerprint density at radius 2 is 2.00 bits per heavy atom. The number of aromatic nitrogens is 2. The molecular weight excluding hydrogens is 287 g/mol. The quantitative estimate of drug-likeness (QED) is 0.813. The van der Waals surface area contributed by atoms with Crippen molar-refractivity contribution in [3.8, 4) is 0 Å². The summed E-state index contributed by atoms with van der Waals surface area (Å²) in [5.74, 6) is 0.320. The maximum atomic E-state index is 13.2. The third-order valence-electron chi connectivity index (χ3n) is 3.68. The van der Waals surface area contributed by atoms with Crippen LogP contribution >= 0.6 is 11.3 Å². The number of nitrogens with zero attached hydrogens (tertiary/aromatic N) is 4. The summed E-state index contributed by atoms with van der Waals surface area (Å²) in [5.41, 5.74) is 1.16. The van der Waals surface area contributed by atoms with Gasteiger partial charge >= 0.3 is 0 Å². The average molecular weight is 306 g/mol. The zero-order valence-electron chi connectivity index (χ0n) is 12.1. The van der Waals surface area contributed by atoms with Gasteiger partial charge in [0, 0.05) is 38.1 Å². The van der Waals surface area contributed by atoms with Gasteiger partial charge in [0.05, 0.1) is 10.7 Å². The number of halogens is 1. The van der Waals surface area contributed by atoms with Crippen LogP contribution in [0.3, 0.4) is 0 Å². The van der Waals surface area contributed by atoms with Gasteiger partial charge in [0.15, 0.2) is 0 Å². The Hall–Kier alpha value is -1.53. The van der Waals surface area contributed by atoms with Crippen molar-refractivity contribution in [2.45, 2.75) is 19.9 Å². The van der Waals surface area contributed by atoms with Crippen LogP contribution in [0.4, 0.5) is 10.2 Å². The molecule has 0 saturated carbocycles. The van der Waals surface area contributed by atoms with Gasteiger partial charge in [-0.25, -0.2) is 9.97 Å². The summed E-state index contributed by atoms with van der Waals surface area (Å²) in [6.45, 7) is 6.70. The predicted molar refractivity (Wildman–Crippen MR) is 83.2 cm³/mol. The van der Waals surface area contributed by atoms with E-state index >= 15 is 0 Å².